The Hall–Kier alpha value is -8.00. The first-order valence-electron chi connectivity index (χ1n) is 22.4. The van der Waals surface area contributed by atoms with Gasteiger partial charge in [0.2, 0.25) is 0 Å². The van der Waals surface area contributed by atoms with Crippen LogP contribution in [0, 0.1) is 11.8 Å². The van der Waals surface area contributed by atoms with E-state index in [0.717, 1.165) is 80.8 Å². The van der Waals surface area contributed by atoms with Gasteiger partial charge in [-0.05, 0) is 118 Å². The number of piperidine rings is 2. The van der Waals surface area contributed by atoms with Crippen LogP contribution in [0.4, 0.5) is 9.59 Å². The number of hydrogen-bond acceptors (Lipinski definition) is 6. The summed E-state index contributed by atoms with van der Waals surface area (Å²) < 4.78 is 0. The van der Waals surface area contributed by atoms with Gasteiger partial charge in [-0.2, -0.15) is 0 Å². The molecule has 4 amide bonds. The SMILES string of the molecule is O=C(O)NC(C(=O)N1[C@@H]2C[C@@H]2C[C@H]1c1nc2ccc(-c3ccc4cc(-c5ccc6nc([C@@H]7C[C@H]8C[C@H]8N7C(=O)C(NC(=O)O)c7ccccc7)[nH]c6c5)ccc4c3)cc2[nH]1)c1ccccc1. The van der Waals surface area contributed by atoms with Crippen molar-refractivity contribution in [2.75, 3.05) is 0 Å². The van der Waals surface area contributed by atoms with Gasteiger partial charge in [-0.1, -0.05) is 97.1 Å². The molecule has 6 N–H and O–H groups in total. The summed E-state index contributed by atoms with van der Waals surface area (Å²) in [5.41, 5.74) is 8.68. The first-order valence-corrected chi connectivity index (χ1v) is 22.4. The van der Waals surface area contributed by atoms with Gasteiger partial charge in [0.15, 0.2) is 0 Å². The topological polar surface area (TPSA) is 197 Å². The molecule has 2 saturated heterocycles. The standard InChI is InChI=1S/C52H44N8O6/c61-49(45(57-51(63)64)27-7-3-1-4-8-27)59-41-23-35(41)25-43(59)47-53-37-17-15-33(21-39(37)55-47)31-13-11-30-20-32(14-12-29(30)19-31)34-16-18-38-40(22-34)56-48(54-38)44-26-36-24-42(36)60(44)50(62)46(58-52(65)66)28-9-5-2-6-10-28/h1-22,35-36,41-46,57-58H,23-26H2,(H,53,55)(H,54,56)(H,63,64)(H,65,66)/t35-,36-,41-,42-,43+,44+,45?,46?/m1/s1. The molecule has 2 saturated carbocycles. The molecule has 2 aliphatic heterocycles. The van der Waals surface area contributed by atoms with E-state index in [9.17, 15) is 29.4 Å². The maximum Gasteiger partial charge on any atom is 0.405 e. The van der Waals surface area contributed by atoms with Crippen molar-refractivity contribution in [3.05, 3.63) is 156 Å². The molecular weight excluding hydrogens is 833 g/mol. The number of aromatic nitrogens is 4. The summed E-state index contributed by atoms with van der Waals surface area (Å²) in [5.74, 6) is 1.61. The van der Waals surface area contributed by atoms with E-state index in [1.54, 1.807) is 48.5 Å². The molecule has 8 atom stereocenters. The van der Waals surface area contributed by atoms with Crippen molar-refractivity contribution in [2.24, 2.45) is 11.8 Å². The summed E-state index contributed by atoms with van der Waals surface area (Å²) in [5, 5.41) is 26.4. The van der Waals surface area contributed by atoms with Gasteiger partial charge < -0.3 is 40.6 Å². The number of carboxylic acid groups (broad SMARTS) is 2. The van der Waals surface area contributed by atoms with E-state index in [2.05, 4.69) is 81.3 Å². The van der Waals surface area contributed by atoms with E-state index in [1.807, 2.05) is 34.1 Å². The highest BCUT2D eigenvalue weighted by molar-refractivity contribution is 5.94. The zero-order valence-corrected chi connectivity index (χ0v) is 35.5. The average Bonchev–Trinajstić information content (AvgIpc) is 3.99. The van der Waals surface area contributed by atoms with Crippen LogP contribution in [-0.4, -0.2) is 76.0 Å². The molecule has 66 heavy (non-hydrogen) atoms. The fourth-order valence-electron chi connectivity index (χ4n) is 10.8. The highest BCUT2D eigenvalue weighted by Crippen LogP contribution is 2.55. The minimum absolute atomic E-state index is 0.0653. The number of carbonyl (C=O) groups excluding carboxylic acids is 2. The van der Waals surface area contributed by atoms with Crippen LogP contribution >= 0.6 is 0 Å². The second-order valence-electron chi connectivity index (χ2n) is 18.2. The minimum Gasteiger partial charge on any atom is -0.465 e. The van der Waals surface area contributed by atoms with Crippen molar-refractivity contribution in [3.8, 4) is 22.3 Å². The van der Waals surface area contributed by atoms with Gasteiger partial charge >= 0.3 is 12.2 Å². The molecule has 6 aromatic carbocycles. The van der Waals surface area contributed by atoms with Gasteiger partial charge in [-0.15, -0.1) is 0 Å². The van der Waals surface area contributed by atoms with Gasteiger partial charge in [-0.25, -0.2) is 19.6 Å². The number of hydrogen-bond donors (Lipinski definition) is 6. The van der Waals surface area contributed by atoms with Crippen molar-refractivity contribution in [2.45, 2.75) is 61.9 Å². The maximum atomic E-state index is 14.1. The van der Waals surface area contributed by atoms with Gasteiger partial charge in [-0.3, -0.25) is 9.59 Å². The predicted molar refractivity (Wildman–Crippen MR) is 247 cm³/mol. The van der Waals surface area contributed by atoms with Gasteiger partial charge in [0.05, 0.1) is 34.2 Å². The summed E-state index contributed by atoms with van der Waals surface area (Å²) >= 11 is 0. The number of nitrogens with zero attached hydrogens (tertiary/aromatic N) is 4. The maximum absolute atomic E-state index is 14.1. The molecular formula is C52H44N8O6. The van der Waals surface area contributed by atoms with Gasteiger partial charge in [0.1, 0.15) is 23.7 Å². The molecule has 4 aliphatic rings. The fourth-order valence-corrected chi connectivity index (χ4v) is 10.8. The van der Waals surface area contributed by atoms with Crippen molar-refractivity contribution >= 4 is 56.8 Å². The Bertz CT molecular complexity index is 3040. The molecule has 14 nitrogen and oxygen atoms in total. The fraction of sp³-hybridized carbons (Fsp3) is 0.231. The lowest BCUT2D eigenvalue weighted by atomic mass is 9.97. The van der Waals surface area contributed by atoms with Crippen LogP contribution in [0.2, 0.25) is 0 Å². The molecule has 2 unspecified atom stereocenters. The van der Waals surface area contributed by atoms with Crippen molar-refractivity contribution < 1.29 is 29.4 Å². The second kappa shape index (κ2) is 15.3. The van der Waals surface area contributed by atoms with Crippen molar-refractivity contribution in [1.82, 2.24) is 40.4 Å². The smallest absolute Gasteiger partial charge is 0.405 e. The molecule has 4 heterocycles. The van der Waals surface area contributed by atoms with E-state index in [-0.39, 0.29) is 36.0 Å². The van der Waals surface area contributed by atoms with Gasteiger partial charge in [0.25, 0.3) is 11.8 Å². The quantitative estimate of drug-likeness (QED) is 0.0782. The second-order valence-corrected chi connectivity index (χ2v) is 18.2. The number of likely N-dealkylation sites (tertiary alicyclic amines) is 2. The monoisotopic (exact) mass is 876 g/mol. The third-order valence-corrected chi connectivity index (χ3v) is 14.2. The van der Waals surface area contributed by atoms with E-state index >= 15 is 0 Å². The number of nitrogens with one attached hydrogen (secondary N) is 4. The van der Waals surface area contributed by atoms with Crippen molar-refractivity contribution in [1.29, 1.82) is 0 Å². The van der Waals surface area contributed by atoms with Crippen LogP contribution in [0.25, 0.3) is 55.1 Å². The number of fused-ring (bicyclic) bond motifs is 5. The van der Waals surface area contributed by atoms with Crippen LogP contribution in [0.5, 0.6) is 0 Å². The molecule has 328 valence electrons. The predicted octanol–water partition coefficient (Wildman–Crippen LogP) is 9.27. The van der Waals surface area contributed by atoms with Crippen molar-refractivity contribution in [3.63, 3.8) is 0 Å². The Morgan fingerprint density at radius 2 is 0.909 bits per heavy atom. The molecule has 0 bridgehead atoms. The third kappa shape index (κ3) is 6.96. The van der Waals surface area contributed by atoms with E-state index in [4.69, 9.17) is 9.97 Å². The Morgan fingerprint density at radius 1 is 0.515 bits per heavy atom. The number of carbonyl (C=O) groups is 4. The molecule has 4 fully saturated rings. The van der Waals surface area contributed by atoms with E-state index in [0.29, 0.717) is 34.6 Å². The largest absolute Gasteiger partial charge is 0.465 e. The Labute approximate surface area is 377 Å². The van der Waals surface area contributed by atoms with Crippen LogP contribution < -0.4 is 10.6 Å². The Morgan fingerprint density at radius 3 is 1.32 bits per heavy atom. The molecule has 0 spiro atoms. The minimum atomic E-state index is -1.25. The highest BCUT2D eigenvalue weighted by atomic mass is 16.4. The van der Waals surface area contributed by atoms with E-state index in [1.165, 1.54) is 0 Å². The van der Waals surface area contributed by atoms with E-state index < -0.39 is 24.3 Å². The van der Waals surface area contributed by atoms with Crippen LogP contribution in [0.3, 0.4) is 0 Å². The number of benzene rings is 6. The molecule has 2 aliphatic carbocycles. The summed E-state index contributed by atoms with van der Waals surface area (Å²) in [7, 11) is 0. The first kappa shape index (κ1) is 39.6. The number of rotatable bonds is 10. The zero-order valence-electron chi connectivity index (χ0n) is 35.5. The number of aromatic amines is 2. The Balaban J connectivity index is 0.778. The van der Waals surface area contributed by atoms with Crippen LogP contribution in [0.1, 0.15) is 72.6 Å². The number of H-pyrrole nitrogens is 2. The number of imidazole rings is 2. The number of amides is 4. The van der Waals surface area contributed by atoms with Crippen LogP contribution in [-0.2, 0) is 9.59 Å². The lowest BCUT2D eigenvalue weighted by molar-refractivity contribution is -0.136. The highest BCUT2D eigenvalue weighted by Gasteiger charge is 2.57. The molecule has 8 aromatic rings. The average molecular weight is 877 g/mol. The third-order valence-electron chi connectivity index (χ3n) is 14.2. The summed E-state index contributed by atoms with van der Waals surface area (Å²) in [6, 6.07) is 40.7. The molecule has 2 aromatic heterocycles. The van der Waals surface area contributed by atoms with Crippen LogP contribution in [0.15, 0.2) is 133 Å². The molecule has 12 rings (SSSR count). The summed E-state index contributed by atoms with van der Waals surface area (Å²) in [4.78, 5) is 72.5. The summed E-state index contributed by atoms with van der Waals surface area (Å²) in [6.07, 6.45) is 0.861. The molecule has 0 radical (unpaired) electrons. The first-order chi connectivity index (χ1) is 32.1. The normalized spacial score (nSPS) is 22.5. The summed E-state index contributed by atoms with van der Waals surface area (Å²) in [6.45, 7) is 0. The Kier molecular flexibility index (Phi) is 9.19. The lowest BCUT2D eigenvalue weighted by Crippen LogP contribution is -2.44. The lowest BCUT2D eigenvalue weighted by Gasteiger charge is -2.30. The van der Waals surface area contributed by atoms with Gasteiger partial charge in [0, 0.05) is 12.1 Å². The zero-order chi connectivity index (χ0) is 44.8. The molecule has 14 heteroatoms.